The van der Waals surface area contributed by atoms with E-state index in [2.05, 4.69) is 15.9 Å². The second kappa shape index (κ2) is 6.17. The first-order chi connectivity index (χ1) is 7.65. The van der Waals surface area contributed by atoms with Gasteiger partial charge in [-0.25, -0.2) is 4.79 Å². The number of carboxylic acids is 1. The van der Waals surface area contributed by atoms with Gasteiger partial charge in [0.25, 0.3) is 0 Å². The number of methoxy groups -OCH3 is 1. The highest BCUT2D eigenvalue weighted by molar-refractivity contribution is 9.10. The second-order valence-electron chi connectivity index (χ2n) is 2.82. The molecule has 5 heteroatoms. The van der Waals surface area contributed by atoms with E-state index in [-0.39, 0.29) is 6.61 Å². The fraction of sp³-hybridized carbons (Fsp3) is 0.182. The van der Waals surface area contributed by atoms with Crippen LogP contribution in [0.1, 0.15) is 0 Å². The first kappa shape index (κ1) is 12.6. The Morgan fingerprint density at radius 2 is 2.31 bits per heavy atom. The number of carboxylic acid groups (broad SMARTS) is 1. The molecule has 0 saturated carbocycles. The zero-order valence-electron chi connectivity index (χ0n) is 8.64. The Kier molecular flexibility index (Phi) is 4.85. The van der Waals surface area contributed by atoms with Gasteiger partial charge in [-0.3, -0.25) is 0 Å². The largest absolute Gasteiger partial charge is 0.493 e. The van der Waals surface area contributed by atoms with E-state index in [9.17, 15) is 4.79 Å². The summed E-state index contributed by atoms with van der Waals surface area (Å²) in [6.07, 6.45) is 2.45. The molecule has 4 nitrogen and oxygen atoms in total. The molecule has 1 aromatic rings. The van der Waals surface area contributed by atoms with Gasteiger partial charge in [-0.05, 0) is 34.1 Å². The standard InChI is InChI=1S/C11H11BrO4/c1-15-9-5-2-4-8(12)11(9)16-7-3-6-10(13)14/h2-6H,7H2,1H3,(H,13,14). The average molecular weight is 287 g/mol. The predicted molar refractivity (Wildman–Crippen MR) is 63.0 cm³/mol. The molecule has 0 heterocycles. The summed E-state index contributed by atoms with van der Waals surface area (Å²) >= 11 is 3.32. The van der Waals surface area contributed by atoms with E-state index in [0.717, 1.165) is 10.5 Å². The molecule has 1 N–H and O–H groups in total. The molecule has 0 spiro atoms. The summed E-state index contributed by atoms with van der Waals surface area (Å²) in [6.45, 7) is 0.172. The maximum absolute atomic E-state index is 10.2. The molecule has 86 valence electrons. The molecule has 16 heavy (non-hydrogen) atoms. The van der Waals surface area contributed by atoms with Gasteiger partial charge in [-0.2, -0.15) is 0 Å². The lowest BCUT2D eigenvalue weighted by molar-refractivity contribution is -0.131. The predicted octanol–water partition coefficient (Wildman–Crippen LogP) is 2.48. The topological polar surface area (TPSA) is 55.8 Å². The molecule has 0 bridgehead atoms. The van der Waals surface area contributed by atoms with E-state index < -0.39 is 5.97 Å². The van der Waals surface area contributed by atoms with Crippen LogP contribution in [-0.4, -0.2) is 24.8 Å². The van der Waals surface area contributed by atoms with Crippen molar-refractivity contribution in [2.45, 2.75) is 0 Å². The molecule has 0 aliphatic carbocycles. The minimum absolute atomic E-state index is 0.172. The van der Waals surface area contributed by atoms with Gasteiger partial charge in [-0.1, -0.05) is 6.07 Å². The monoisotopic (exact) mass is 286 g/mol. The number of para-hydroxylation sites is 1. The van der Waals surface area contributed by atoms with Crippen LogP contribution in [-0.2, 0) is 4.79 Å². The average Bonchev–Trinajstić information content (AvgIpc) is 2.25. The van der Waals surface area contributed by atoms with E-state index >= 15 is 0 Å². The van der Waals surface area contributed by atoms with Crippen molar-refractivity contribution in [2.24, 2.45) is 0 Å². The summed E-state index contributed by atoms with van der Waals surface area (Å²) < 4.78 is 11.3. The third kappa shape index (κ3) is 3.58. The first-order valence-electron chi connectivity index (χ1n) is 4.50. The summed E-state index contributed by atoms with van der Waals surface area (Å²) in [5.74, 6) is 0.154. The molecule has 0 aliphatic heterocycles. The van der Waals surface area contributed by atoms with Crippen molar-refractivity contribution in [1.29, 1.82) is 0 Å². The lowest BCUT2D eigenvalue weighted by Crippen LogP contribution is -1.98. The van der Waals surface area contributed by atoms with Crippen molar-refractivity contribution in [1.82, 2.24) is 0 Å². The SMILES string of the molecule is COc1cccc(Br)c1OCC=CC(=O)O. The Balaban J connectivity index is 2.69. The van der Waals surface area contributed by atoms with Crippen LogP contribution in [0.4, 0.5) is 0 Å². The summed E-state index contributed by atoms with van der Waals surface area (Å²) in [5, 5.41) is 8.39. The molecule has 0 atom stereocenters. The van der Waals surface area contributed by atoms with E-state index in [1.807, 2.05) is 12.1 Å². The molecule has 0 fully saturated rings. The van der Waals surface area contributed by atoms with Crippen LogP contribution in [0.2, 0.25) is 0 Å². The smallest absolute Gasteiger partial charge is 0.328 e. The van der Waals surface area contributed by atoms with Gasteiger partial charge in [0.2, 0.25) is 0 Å². The summed E-state index contributed by atoms with van der Waals surface area (Å²) in [5.41, 5.74) is 0. The molecular formula is C11H11BrO4. The highest BCUT2D eigenvalue weighted by Crippen LogP contribution is 2.34. The molecule has 0 saturated heterocycles. The molecular weight excluding hydrogens is 276 g/mol. The van der Waals surface area contributed by atoms with Crippen LogP contribution in [0.25, 0.3) is 0 Å². The van der Waals surface area contributed by atoms with E-state index in [0.29, 0.717) is 11.5 Å². The van der Waals surface area contributed by atoms with Crippen LogP contribution in [0.15, 0.2) is 34.8 Å². The fourth-order valence-electron chi connectivity index (χ4n) is 1.07. The van der Waals surface area contributed by atoms with Crippen molar-refractivity contribution in [3.05, 3.63) is 34.8 Å². The highest BCUT2D eigenvalue weighted by atomic mass is 79.9. The molecule has 1 rings (SSSR count). The summed E-state index contributed by atoms with van der Waals surface area (Å²) in [6, 6.07) is 5.41. The van der Waals surface area contributed by atoms with Gasteiger partial charge in [0.05, 0.1) is 11.6 Å². The Bertz CT molecular complexity index is 401. The number of aliphatic carboxylic acids is 1. The van der Waals surface area contributed by atoms with Crippen LogP contribution < -0.4 is 9.47 Å². The minimum Gasteiger partial charge on any atom is -0.493 e. The lowest BCUT2D eigenvalue weighted by atomic mass is 10.3. The van der Waals surface area contributed by atoms with E-state index in [1.54, 1.807) is 13.2 Å². The Hall–Kier alpha value is -1.49. The normalized spacial score (nSPS) is 10.4. The fourth-order valence-corrected chi connectivity index (χ4v) is 1.53. The van der Waals surface area contributed by atoms with Gasteiger partial charge in [0.15, 0.2) is 11.5 Å². The number of benzene rings is 1. The maximum atomic E-state index is 10.2. The van der Waals surface area contributed by atoms with Crippen molar-refractivity contribution in [3.63, 3.8) is 0 Å². The Morgan fingerprint density at radius 1 is 1.56 bits per heavy atom. The molecule has 0 amide bonds. The molecule has 0 aliphatic rings. The zero-order valence-corrected chi connectivity index (χ0v) is 10.2. The third-order valence-electron chi connectivity index (χ3n) is 1.74. The highest BCUT2D eigenvalue weighted by Gasteiger charge is 2.07. The second-order valence-corrected chi connectivity index (χ2v) is 3.68. The van der Waals surface area contributed by atoms with Crippen LogP contribution in [0.3, 0.4) is 0 Å². The van der Waals surface area contributed by atoms with Gasteiger partial charge in [0, 0.05) is 6.08 Å². The van der Waals surface area contributed by atoms with E-state index in [4.69, 9.17) is 14.6 Å². The zero-order chi connectivity index (χ0) is 12.0. The maximum Gasteiger partial charge on any atom is 0.328 e. The Morgan fingerprint density at radius 3 is 2.94 bits per heavy atom. The number of hydrogen-bond donors (Lipinski definition) is 1. The first-order valence-corrected chi connectivity index (χ1v) is 5.29. The number of rotatable bonds is 5. The molecule has 1 aromatic carbocycles. The van der Waals surface area contributed by atoms with Crippen molar-refractivity contribution in [3.8, 4) is 11.5 Å². The van der Waals surface area contributed by atoms with Gasteiger partial charge in [-0.15, -0.1) is 0 Å². The van der Waals surface area contributed by atoms with E-state index in [1.165, 1.54) is 6.08 Å². The van der Waals surface area contributed by atoms with Gasteiger partial charge in [0.1, 0.15) is 6.61 Å². The third-order valence-corrected chi connectivity index (χ3v) is 2.36. The van der Waals surface area contributed by atoms with Crippen LogP contribution in [0, 0.1) is 0 Å². The van der Waals surface area contributed by atoms with Crippen LogP contribution >= 0.6 is 15.9 Å². The molecule has 0 radical (unpaired) electrons. The quantitative estimate of drug-likeness (QED) is 0.845. The van der Waals surface area contributed by atoms with Crippen LogP contribution in [0.5, 0.6) is 11.5 Å². The van der Waals surface area contributed by atoms with Crippen molar-refractivity contribution < 1.29 is 19.4 Å². The lowest BCUT2D eigenvalue weighted by Gasteiger charge is -2.10. The number of halogens is 1. The summed E-state index contributed by atoms with van der Waals surface area (Å²) in [4.78, 5) is 10.2. The Labute approximate surface area is 102 Å². The minimum atomic E-state index is -0.998. The molecule has 0 aromatic heterocycles. The van der Waals surface area contributed by atoms with Gasteiger partial charge >= 0.3 is 5.97 Å². The number of ether oxygens (including phenoxy) is 2. The summed E-state index contributed by atoms with van der Waals surface area (Å²) in [7, 11) is 1.54. The van der Waals surface area contributed by atoms with Crippen molar-refractivity contribution >= 4 is 21.9 Å². The van der Waals surface area contributed by atoms with Gasteiger partial charge < -0.3 is 14.6 Å². The number of hydrogen-bond acceptors (Lipinski definition) is 3. The number of carbonyl (C=O) groups is 1. The molecule has 0 unspecified atom stereocenters. The van der Waals surface area contributed by atoms with Crippen molar-refractivity contribution in [2.75, 3.05) is 13.7 Å².